The zero-order valence-corrected chi connectivity index (χ0v) is 11.1. The molecule has 1 aromatic carbocycles. The Kier molecular flexibility index (Phi) is 3.73. The fraction of sp³-hybridized carbons (Fsp3) is 0.538. The second-order valence-corrected chi connectivity index (χ2v) is 4.93. The molecule has 1 aliphatic heterocycles. The lowest BCUT2D eigenvalue weighted by atomic mass is 9.86. The van der Waals surface area contributed by atoms with E-state index in [1.807, 2.05) is 6.92 Å². The van der Waals surface area contributed by atoms with Gasteiger partial charge in [0.25, 0.3) is 5.69 Å². The van der Waals surface area contributed by atoms with Gasteiger partial charge >= 0.3 is 0 Å². The van der Waals surface area contributed by atoms with Gasteiger partial charge in [-0.2, -0.15) is 0 Å². The number of ether oxygens (including phenoxy) is 2. The average Bonchev–Trinajstić information content (AvgIpc) is 2.69. The molecule has 104 valence electrons. The van der Waals surface area contributed by atoms with Gasteiger partial charge in [0.15, 0.2) is 0 Å². The number of hydrogen-bond acceptors (Lipinski definition) is 5. The van der Waals surface area contributed by atoms with Crippen LogP contribution in [0, 0.1) is 10.1 Å². The summed E-state index contributed by atoms with van der Waals surface area (Å²) in [6.45, 7) is 2.55. The molecule has 2 atom stereocenters. The van der Waals surface area contributed by atoms with Crippen LogP contribution in [0.2, 0.25) is 0 Å². The van der Waals surface area contributed by atoms with Gasteiger partial charge in [-0.1, -0.05) is 0 Å². The Hall–Kier alpha value is -1.66. The molecule has 2 N–H and O–H groups in total. The summed E-state index contributed by atoms with van der Waals surface area (Å²) < 4.78 is 10.7. The van der Waals surface area contributed by atoms with Gasteiger partial charge in [0.1, 0.15) is 5.75 Å². The summed E-state index contributed by atoms with van der Waals surface area (Å²) in [5.41, 5.74) is 6.63. The summed E-state index contributed by atoms with van der Waals surface area (Å²) in [6, 6.07) is 4.57. The van der Waals surface area contributed by atoms with Crippen molar-refractivity contribution in [3.63, 3.8) is 0 Å². The molecule has 2 unspecified atom stereocenters. The van der Waals surface area contributed by atoms with Gasteiger partial charge < -0.3 is 15.2 Å². The highest BCUT2D eigenvalue weighted by molar-refractivity contribution is 5.44. The Morgan fingerprint density at radius 3 is 2.89 bits per heavy atom. The summed E-state index contributed by atoms with van der Waals surface area (Å²) in [5.74, 6) is 0.620. The number of nitro benzene ring substituents is 1. The Labute approximate surface area is 111 Å². The van der Waals surface area contributed by atoms with Gasteiger partial charge in [-0.25, -0.2) is 0 Å². The maximum atomic E-state index is 10.8. The molecule has 0 amide bonds. The van der Waals surface area contributed by atoms with Crippen molar-refractivity contribution in [1.29, 1.82) is 0 Å². The number of methoxy groups -OCH3 is 1. The topological polar surface area (TPSA) is 87.6 Å². The molecule has 0 saturated carbocycles. The van der Waals surface area contributed by atoms with Crippen LogP contribution in [0.25, 0.3) is 0 Å². The fourth-order valence-electron chi connectivity index (χ4n) is 2.40. The number of hydrogen-bond donors (Lipinski definition) is 1. The lowest BCUT2D eigenvalue weighted by molar-refractivity contribution is -0.384. The van der Waals surface area contributed by atoms with E-state index in [1.54, 1.807) is 13.2 Å². The second kappa shape index (κ2) is 5.14. The third kappa shape index (κ3) is 2.69. The van der Waals surface area contributed by atoms with E-state index in [4.69, 9.17) is 15.2 Å². The van der Waals surface area contributed by atoms with Crippen LogP contribution in [-0.2, 0) is 11.2 Å². The third-order valence-electron chi connectivity index (χ3n) is 3.74. The van der Waals surface area contributed by atoms with Gasteiger partial charge in [0, 0.05) is 29.8 Å². The van der Waals surface area contributed by atoms with Gasteiger partial charge in [0.05, 0.1) is 18.1 Å². The second-order valence-electron chi connectivity index (χ2n) is 4.93. The van der Waals surface area contributed by atoms with Crippen molar-refractivity contribution < 1.29 is 14.4 Å². The number of rotatable bonds is 4. The van der Waals surface area contributed by atoms with Crippen molar-refractivity contribution in [3.05, 3.63) is 33.9 Å². The number of nitrogens with zero attached hydrogens (tertiary/aromatic N) is 1. The SMILES string of the molecule is COc1ccc([N+](=O)[O-])cc1CC1(N)CCOC1C. The van der Waals surface area contributed by atoms with Crippen LogP contribution in [0.4, 0.5) is 5.69 Å². The largest absolute Gasteiger partial charge is 0.496 e. The molecule has 6 nitrogen and oxygen atoms in total. The number of nitrogens with two attached hydrogens (primary N) is 1. The van der Waals surface area contributed by atoms with Crippen LogP contribution < -0.4 is 10.5 Å². The molecule has 1 aromatic rings. The third-order valence-corrected chi connectivity index (χ3v) is 3.74. The van der Waals surface area contributed by atoms with E-state index in [2.05, 4.69) is 0 Å². The molecular weight excluding hydrogens is 248 g/mol. The molecule has 6 heteroatoms. The van der Waals surface area contributed by atoms with Crippen LogP contribution in [0.1, 0.15) is 18.9 Å². The van der Waals surface area contributed by atoms with Crippen molar-refractivity contribution in [1.82, 2.24) is 0 Å². The maximum absolute atomic E-state index is 10.8. The number of nitro groups is 1. The molecule has 1 fully saturated rings. The van der Waals surface area contributed by atoms with Crippen LogP contribution in [-0.4, -0.2) is 30.3 Å². The Morgan fingerprint density at radius 1 is 1.63 bits per heavy atom. The van der Waals surface area contributed by atoms with Crippen LogP contribution in [0.3, 0.4) is 0 Å². The van der Waals surface area contributed by atoms with E-state index in [0.717, 1.165) is 12.0 Å². The summed E-state index contributed by atoms with van der Waals surface area (Å²) >= 11 is 0. The van der Waals surface area contributed by atoms with Gasteiger partial charge in [0.2, 0.25) is 0 Å². The number of benzene rings is 1. The first-order chi connectivity index (χ1) is 8.96. The Morgan fingerprint density at radius 2 is 2.37 bits per heavy atom. The first-order valence-corrected chi connectivity index (χ1v) is 6.18. The van der Waals surface area contributed by atoms with E-state index in [1.165, 1.54) is 12.1 Å². The quantitative estimate of drug-likeness (QED) is 0.661. The first-order valence-electron chi connectivity index (χ1n) is 6.18. The predicted octanol–water partition coefficient (Wildman–Crippen LogP) is 1.65. The van der Waals surface area contributed by atoms with E-state index in [9.17, 15) is 10.1 Å². The summed E-state index contributed by atoms with van der Waals surface area (Å²) in [4.78, 5) is 10.4. The average molecular weight is 266 g/mol. The van der Waals surface area contributed by atoms with Crippen LogP contribution in [0.5, 0.6) is 5.75 Å². The Balaban J connectivity index is 2.32. The summed E-state index contributed by atoms with van der Waals surface area (Å²) in [7, 11) is 1.54. The maximum Gasteiger partial charge on any atom is 0.269 e. The zero-order valence-electron chi connectivity index (χ0n) is 11.1. The standard InChI is InChI=1S/C13H18N2O4/c1-9-13(14,5-6-19-9)8-10-7-11(15(16)17)3-4-12(10)18-2/h3-4,7,9H,5-6,8,14H2,1-2H3. The van der Waals surface area contributed by atoms with E-state index in [0.29, 0.717) is 18.8 Å². The van der Waals surface area contributed by atoms with Gasteiger partial charge in [-0.15, -0.1) is 0 Å². The zero-order chi connectivity index (χ0) is 14.0. The van der Waals surface area contributed by atoms with Crippen LogP contribution in [0.15, 0.2) is 18.2 Å². The molecule has 0 aromatic heterocycles. The molecule has 1 aliphatic rings. The molecule has 0 spiro atoms. The fourth-order valence-corrected chi connectivity index (χ4v) is 2.40. The highest BCUT2D eigenvalue weighted by atomic mass is 16.6. The van der Waals surface area contributed by atoms with E-state index in [-0.39, 0.29) is 11.8 Å². The minimum Gasteiger partial charge on any atom is -0.496 e. The normalized spacial score (nSPS) is 26.4. The van der Waals surface area contributed by atoms with Crippen molar-refractivity contribution in [2.45, 2.75) is 31.4 Å². The van der Waals surface area contributed by atoms with Crippen molar-refractivity contribution in [3.8, 4) is 5.75 Å². The summed E-state index contributed by atoms with van der Waals surface area (Å²) in [5, 5.41) is 10.8. The minimum atomic E-state index is -0.498. The van der Waals surface area contributed by atoms with Crippen molar-refractivity contribution in [2.24, 2.45) is 5.73 Å². The highest BCUT2D eigenvalue weighted by Gasteiger charge is 2.38. The molecule has 1 saturated heterocycles. The number of non-ortho nitro benzene ring substituents is 1. The molecule has 2 rings (SSSR count). The van der Waals surface area contributed by atoms with Gasteiger partial charge in [-0.3, -0.25) is 10.1 Å². The first kappa shape index (κ1) is 13.8. The summed E-state index contributed by atoms with van der Waals surface area (Å²) in [6.07, 6.45) is 1.16. The molecule has 19 heavy (non-hydrogen) atoms. The van der Waals surface area contributed by atoms with Gasteiger partial charge in [-0.05, 0) is 25.8 Å². The molecule has 0 aliphatic carbocycles. The molecule has 0 radical (unpaired) electrons. The Bertz CT molecular complexity index is 492. The minimum absolute atomic E-state index is 0.0472. The lowest BCUT2D eigenvalue weighted by Crippen LogP contribution is -2.48. The van der Waals surface area contributed by atoms with Crippen molar-refractivity contribution >= 4 is 5.69 Å². The lowest BCUT2D eigenvalue weighted by Gasteiger charge is -2.28. The monoisotopic (exact) mass is 266 g/mol. The highest BCUT2D eigenvalue weighted by Crippen LogP contribution is 2.32. The van der Waals surface area contributed by atoms with Crippen molar-refractivity contribution in [2.75, 3.05) is 13.7 Å². The molecule has 1 heterocycles. The smallest absolute Gasteiger partial charge is 0.269 e. The van der Waals surface area contributed by atoms with E-state index < -0.39 is 10.5 Å². The van der Waals surface area contributed by atoms with Crippen LogP contribution >= 0.6 is 0 Å². The predicted molar refractivity (Wildman–Crippen MR) is 70.3 cm³/mol. The molecule has 0 bridgehead atoms. The molecular formula is C13H18N2O4. The van der Waals surface area contributed by atoms with E-state index >= 15 is 0 Å².